The first-order chi connectivity index (χ1) is 9.11. The summed E-state index contributed by atoms with van der Waals surface area (Å²) in [4.78, 5) is 40.5. The molecule has 1 unspecified atom stereocenters. The van der Waals surface area contributed by atoms with Gasteiger partial charge in [0.25, 0.3) is 0 Å². The summed E-state index contributed by atoms with van der Waals surface area (Å²) < 4.78 is 0. The Balaban J connectivity index is 2.12. The van der Waals surface area contributed by atoms with Crippen molar-refractivity contribution >= 4 is 17.7 Å². The Labute approximate surface area is 110 Å². The molecule has 1 aromatic heterocycles. The maximum atomic E-state index is 12.2. The average molecular weight is 261 g/mol. The van der Waals surface area contributed by atoms with Crippen LogP contribution >= 0.6 is 0 Å². The van der Waals surface area contributed by atoms with Crippen molar-refractivity contribution in [2.24, 2.45) is 0 Å². The summed E-state index contributed by atoms with van der Waals surface area (Å²) in [5.74, 6) is -1.05. The maximum Gasteiger partial charge on any atom is 0.249 e. The van der Waals surface area contributed by atoms with E-state index in [1.807, 2.05) is 6.92 Å². The second-order valence-electron chi connectivity index (χ2n) is 4.39. The number of piperazine rings is 1. The predicted octanol–water partition coefficient (Wildman–Crippen LogP) is -0.112. The molecule has 100 valence electrons. The Kier molecular flexibility index (Phi) is 3.89. The van der Waals surface area contributed by atoms with Gasteiger partial charge in [0.05, 0.1) is 6.42 Å². The summed E-state index contributed by atoms with van der Waals surface area (Å²) in [5, 5.41) is 2.25. The normalized spacial score (nSPS) is 19.2. The summed E-state index contributed by atoms with van der Waals surface area (Å²) in [7, 11) is 0. The monoisotopic (exact) mass is 261 g/mol. The van der Waals surface area contributed by atoms with Crippen LogP contribution < -0.4 is 5.32 Å². The molecule has 0 saturated carbocycles. The average Bonchev–Trinajstić information content (AvgIpc) is 2.39. The first-order valence-electron chi connectivity index (χ1n) is 6.14. The van der Waals surface area contributed by atoms with Gasteiger partial charge in [-0.2, -0.15) is 0 Å². The topological polar surface area (TPSA) is 79.4 Å². The maximum absolute atomic E-state index is 12.2. The van der Waals surface area contributed by atoms with Crippen molar-refractivity contribution in [2.45, 2.75) is 25.8 Å². The molecular weight excluding hydrogens is 246 g/mol. The number of rotatable bonds is 3. The Hall–Kier alpha value is -2.24. The highest BCUT2D eigenvalue weighted by Crippen LogP contribution is 2.12. The van der Waals surface area contributed by atoms with Gasteiger partial charge in [0, 0.05) is 12.4 Å². The van der Waals surface area contributed by atoms with E-state index in [9.17, 15) is 14.4 Å². The second-order valence-corrected chi connectivity index (χ2v) is 4.39. The van der Waals surface area contributed by atoms with Crippen LogP contribution in [0.25, 0.3) is 0 Å². The van der Waals surface area contributed by atoms with Crippen LogP contribution in [0.3, 0.4) is 0 Å². The number of carbonyl (C=O) groups is 3. The number of hydrogen-bond donors (Lipinski definition) is 1. The summed E-state index contributed by atoms with van der Waals surface area (Å²) in [6.07, 6.45) is 3.86. The van der Waals surface area contributed by atoms with E-state index >= 15 is 0 Å². The Morgan fingerprint density at radius 3 is 2.74 bits per heavy atom. The molecule has 6 nitrogen and oxygen atoms in total. The lowest BCUT2D eigenvalue weighted by molar-refractivity contribution is -0.149. The van der Waals surface area contributed by atoms with Crippen molar-refractivity contribution in [1.82, 2.24) is 15.2 Å². The SMILES string of the molecule is CCC1C(=O)NC(=O)CN1C(=O)Cc1ccncc1. The van der Waals surface area contributed by atoms with E-state index in [1.165, 1.54) is 4.90 Å². The van der Waals surface area contributed by atoms with Crippen LogP contribution in [0.2, 0.25) is 0 Å². The fourth-order valence-electron chi connectivity index (χ4n) is 2.11. The summed E-state index contributed by atoms with van der Waals surface area (Å²) in [6.45, 7) is 1.75. The minimum Gasteiger partial charge on any atom is -0.321 e. The van der Waals surface area contributed by atoms with Crippen LogP contribution in [0.1, 0.15) is 18.9 Å². The molecule has 1 aromatic rings. The zero-order valence-corrected chi connectivity index (χ0v) is 10.6. The van der Waals surface area contributed by atoms with Crippen LogP contribution in [0.5, 0.6) is 0 Å². The highest BCUT2D eigenvalue weighted by molar-refractivity contribution is 6.04. The molecule has 19 heavy (non-hydrogen) atoms. The number of nitrogens with zero attached hydrogens (tertiary/aromatic N) is 2. The fourth-order valence-corrected chi connectivity index (χ4v) is 2.11. The number of pyridine rings is 1. The van der Waals surface area contributed by atoms with Crippen LogP contribution in [-0.4, -0.2) is 40.2 Å². The molecular formula is C13H15N3O3. The number of imide groups is 1. The molecule has 1 fully saturated rings. The summed E-state index contributed by atoms with van der Waals surface area (Å²) >= 11 is 0. The van der Waals surface area contributed by atoms with Gasteiger partial charge in [0.2, 0.25) is 17.7 Å². The number of aromatic nitrogens is 1. The number of hydrogen-bond acceptors (Lipinski definition) is 4. The van der Waals surface area contributed by atoms with Crippen molar-refractivity contribution in [1.29, 1.82) is 0 Å². The van der Waals surface area contributed by atoms with E-state index in [0.29, 0.717) is 6.42 Å². The standard InChI is InChI=1S/C13H15N3O3/c1-2-10-13(19)15-11(17)8-16(10)12(18)7-9-3-5-14-6-4-9/h3-6,10H,2,7-8H2,1H3,(H,15,17,19). The van der Waals surface area contributed by atoms with E-state index in [1.54, 1.807) is 24.5 Å². The molecule has 1 N–H and O–H groups in total. The first-order valence-corrected chi connectivity index (χ1v) is 6.14. The van der Waals surface area contributed by atoms with Crippen molar-refractivity contribution in [3.8, 4) is 0 Å². The molecule has 0 aliphatic carbocycles. The molecule has 0 bridgehead atoms. The van der Waals surface area contributed by atoms with E-state index < -0.39 is 17.9 Å². The van der Waals surface area contributed by atoms with Gasteiger partial charge in [-0.05, 0) is 24.1 Å². The molecule has 0 radical (unpaired) electrons. The zero-order chi connectivity index (χ0) is 13.8. The van der Waals surface area contributed by atoms with Gasteiger partial charge in [-0.15, -0.1) is 0 Å². The lowest BCUT2D eigenvalue weighted by Gasteiger charge is -2.33. The van der Waals surface area contributed by atoms with Gasteiger partial charge in [0.1, 0.15) is 12.6 Å². The third-order valence-corrected chi connectivity index (χ3v) is 3.07. The van der Waals surface area contributed by atoms with Crippen LogP contribution in [0, 0.1) is 0 Å². The molecule has 2 heterocycles. The molecule has 2 rings (SSSR count). The Morgan fingerprint density at radius 1 is 1.42 bits per heavy atom. The van der Waals surface area contributed by atoms with Crippen molar-refractivity contribution in [2.75, 3.05) is 6.54 Å². The van der Waals surface area contributed by atoms with E-state index in [0.717, 1.165) is 5.56 Å². The Bertz CT molecular complexity index is 501. The summed E-state index contributed by atoms with van der Waals surface area (Å²) in [5.41, 5.74) is 0.813. The largest absolute Gasteiger partial charge is 0.321 e. The van der Waals surface area contributed by atoms with E-state index in [-0.39, 0.29) is 18.9 Å². The minimum atomic E-state index is -0.563. The van der Waals surface area contributed by atoms with Gasteiger partial charge < -0.3 is 4.90 Å². The lowest BCUT2D eigenvalue weighted by Crippen LogP contribution is -2.59. The first kappa shape index (κ1) is 13.2. The van der Waals surface area contributed by atoms with Crippen molar-refractivity contribution < 1.29 is 14.4 Å². The van der Waals surface area contributed by atoms with Crippen LogP contribution in [-0.2, 0) is 20.8 Å². The Morgan fingerprint density at radius 2 is 2.11 bits per heavy atom. The highest BCUT2D eigenvalue weighted by Gasteiger charge is 2.35. The van der Waals surface area contributed by atoms with Gasteiger partial charge >= 0.3 is 0 Å². The van der Waals surface area contributed by atoms with Gasteiger partial charge in [0.15, 0.2) is 0 Å². The zero-order valence-electron chi connectivity index (χ0n) is 10.6. The molecule has 0 spiro atoms. The van der Waals surface area contributed by atoms with Gasteiger partial charge in [-0.25, -0.2) is 0 Å². The van der Waals surface area contributed by atoms with E-state index in [4.69, 9.17) is 0 Å². The van der Waals surface area contributed by atoms with Crippen molar-refractivity contribution in [3.63, 3.8) is 0 Å². The van der Waals surface area contributed by atoms with Gasteiger partial charge in [-0.1, -0.05) is 6.92 Å². The number of amides is 3. The van der Waals surface area contributed by atoms with Gasteiger partial charge in [-0.3, -0.25) is 24.7 Å². The molecule has 6 heteroatoms. The highest BCUT2D eigenvalue weighted by atomic mass is 16.2. The van der Waals surface area contributed by atoms with E-state index in [2.05, 4.69) is 10.3 Å². The third kappa shape index (κ3) is 2.96. The number of carbonyl (C=O) groups excluding carboxylic acids is 3. The molecule has 1 atom stereocenters. The lowest BCUT2D eigenvalue weighted by atomic mass is 10.1. The molecule has 1 aliphatic rings. The minimum absolute atomic E-state index is 0.0613. The van der Waals surface area contributed by atoms with Crippen LogP contribution in [0.15, 0.2) is 24.5 Å². The molecule has 3 amide bonds. The fraction of sp³-hybridized carbons (Fsp3) is 0.385. The third-order valence-electron chi connectivity index (χ3n) is 3.07. The smallest absolute Gasteiger partial charge is 0.249 e. The molecule has 1 aliphatic heterocycles. The quantitative estimate of drug-likeness (QED) is 0.770. The second kappa shape index (κ2) is 5.60. The van der Waals surface area contributed by atoms with Crippen molar-refractivity contribution in [3.05, 3.63) is 30.1 Å². The molecule has 0 aromatic carbocycles. The predicted molar refractivity (Wildman–Crippen MR) is 66.9 cm³/mol. The summed E-state index contributed by atoms with van der Waals surface area (Å²) in [6, 6.07) is 2.92. The number of nitrogens with one attached hydrogen (secondary N) is 1. The molecule has 1 saturated heterocycles. The van der Waals surface area contributed by atoms with Crippen LogP contribution in [0.4, 0.5) is 0 Å².